The number of hydrogen-bond donors (Lipinski definition) is 2. The lowest BCUT2D eigenvalue weighted by molar-refractivity contribution is 0.0718. The molecular formula is C24H40N5O4PS2. The van der Waals surface area contributed by atoms with Crippen molar-refractivity contribution in [2.75, 3.05) is 36.4 Å². The Labute approximate surface area is 223 Å². The third kappa shape index (κ3) is 12.8. The number of unbranched alkanes of at least 4 members (excludes halogenated alkanes) is 7. The van der Waals surface area contributed by atoms with Gasteiger partial charge in [0.05, 0.1) is 25.6 Å². The van der Waals surface area contributed by atoms with Crippen molar-refractivity contribution in [1.82, 2.24) is 19.5 Å². The standard InChI is InChI=1S/C24H40N5O4PS2/c1-21(17-29-19-28-22-23(25)26-18-27-24(22)29)32-20-34(30,31)33-13-12-16-36-15-11-9-7-5-3-4-6-8-10-14-35-2/h18-19,21H,3-9,11-13,15-17,20H2,1-2H3,(H,30,31)(H2,25,26,27)/t21-/m1/s1. The van der Waals surface area contributed by atoms with E-state index in [2.05, 4.69) is 26.1 Å². The Balaban J connectivity index is 1.45. The monoisotopic (exact) mass is 557 g/mol. The van der Waals surface area contributed by atoms with Crippen molar-refractivity contribution in [1.29, 1.82) is 0 Å². The van der Waals surface area contributed by atoms with Crippen LogP contribution in [0.1, 0.15) is 64.7 Å². The SMILES string of the molecule is CSC#CCCCCCCCCCSCCCOP(=O)(O)CO[C@H](C)Cn1cnc2c(N)ncnc21. The van der Waals surface area contributed by atoms with Crippen molar-refractivity contribution in [3.63, 3.8) is 0 Å². The van der Waals surface area contributed by atoms with Gasteiger partial charge in [-0.2, -0.15) is 11.8 Å². The molecule has 0 bridgehead atoms. The normalized spacial score (nSPS) is 13.9. The van der Waals surface area contributed by atoms with E-state index in [0.29, 0.717) is 23.5 Å². The van der Waals surface area contributed by atoms with Crippen LogP contribution in [0.3, 0.4) is 0 Å². The first-order valence-corrected chi connectivity index (χ1v) is 16.6. The second-order valence-electron chi connectivity index (χ2n) is 8.58. The Kier molecular flexibility index (Phi) is 15.5. The fourth-order valence-electron chi connectivity index (χ4n) is 3.52. The van der Waals surface area contributed by atoms with Crippen LogP contribution in [-0.2, 0) is 20.4 Å². The van der Waals surface area contributed by atoms with E-state index in [1.165, 1.54) is 51.3 Å². The molecule has 2 atom stereocenters. The predicted molar refractivity (Wildman–Crippen MR) is 151 cm³/mol. The number of thioether (sulfide) groups is 2. The number of nitrogen functional groups attached to an aromatic ring is 1. The minimum atomic E-state index is -3.79. The van der Waals surface area contributed by atoms with Crippen molar-refractivity contribution >= 4 is 48.1 Å². The van der Waals surface area contributed by atoms with E-state index in [-0.39, 0.29) is 19.1 Å². The molecule has 2 rings (SSSR count). The minimum Gasteiger partial charge on any atom is -0.382 e. The van der Waals surface area contributed by atoms with E-state index in [1.54, 1.807) is 22.7 Å². The molecule has 0 aromatic carbocycles. The number of fused-ring (bicyclic) bond motifs is 1. The van der Waals surface area contributed by atoms with E-state index in [4.69, 9.17) is 15.0 Å². The van der Waals surface area contributed by atoms with Gasteiger partial charge in [0.15, 0.2) is 11.5 Å². The molecule has 0 saturated carbocycles. The summed E-state index contributed by atoms with van der Waals surface area (Å²) < 4.78 is 24.8. The zero-order chi connectivity index (χ0) is 26.1. The largest absolute Gasteiger partial charge is 0.382 e. The molecule has 0 aliphatic rings. The number of imidazole rings is 1. The van der Waals surface area contributed by atoms with Gasteiger partial charge in [0.25, 0.3) is 0 Å². The number of nitrogens with two attached hydrogens (primary N) is 1. The maximum Gasteiger partial charge on any atom is 0.353 e. The van der Waals surface area contributed by atoms with Crippen molar-refractivity contribution in [3.8, 4) is 11.2 Å². The first-order chi connectivity index (χ1) is 17.4. The molecule has 2 aromatic rings. The molecule has 2 aromatic heterocycles. The lowest BCUT2D eigenvalue weighted by Crippen LogP contribution is -2.17. The van der Waals surface area contributed by atoms with Crippen molar-refractivity contribution in [2.45, 2.75) is 77.4 Å². The summed E-state index contributed by atoms with van der Waals surface area (Å²) in [5, 5.41) is 3.04. The fraction of sp³-hybridized carbons (Fsp3) is 0.708. The molecule has 3 N–H and O–H groups in total. The van der Waals surface area contributed by atoms with Crippen molar-refractivity contribution in [3.05, 3.63) is 12.7 Å². The maximum absolute atomic E-state index is 12.3. The van der Waals surface area contributed by atoms with Gasteiger partial charge < -0.3 is 24.5 Å². The summed E-state index contributed by atoms with van der Waals surface area (Å²) in [4.78, 5) is 22.4. The zero-order valence-electron chi connectivity index (χ0n) is 21.4. The van der Waals surface area contributed by atoms with E-state index in [1.807, 2.05) is 24.9 Å². The van der Waals surface area contributed by atoms with Gasteiger partial charge in [-0.05, 0) is 49.2 Å². The van der Waals surface area contributed by atoms with E-state index >= 15 is 0 Å². The molecule has 0 radical (unpaired) electrons. The highest BCUT2D eigenvalue weighted by Crippen LogP contribution is 2.42. The van der Waals surface area contributed by atoms with E-state index in [9.17, 15) is 9.46 Å². The second kappa shape index (κ2) is 18.1. The van der Waals surface area contributed by atoms with Crippen LogP contribution in [0.25, 0.3) is 11.2 Å². The first kappa shape index (κ1) is 30.9. The lowest BCUT2D eigenvalue weighted by atomic mass is 10.1. The van der Waals surface area contributed by atoms with Crippen LogP contribution in [0.15, 0.2) is 12.7 Å². The van der Waals surface area contributed by atoms with Crippen LogP contribution in [0.2, 0.25) is 0 Å². The van der Waals surface area contributed by atoms with Crippen LogP contribution < -0.4 is 5.73 Å². The van der Waals surface area contributed by atoms with Gasteiger partial charge in [0.1, 0.15) is 18.2 Å². The van der Waals surface area contributed by atoms with Crippen molar-refractivity contribution < 1.29 is 18.7 Å². The zero-order valence-corrected chi connectivity index (χ0v) is 24.0. The highest BCUT2D eigenvalue weighted by atomic mass is 32.2. The average molecular weight is 558 g/mol. The number of nitrogens with zero attached hydrogens (tertiary/aromatic N) is 4. The molecular weight excluding hydrogens is 517 g/mol. The van der Waals surface area contributed by atoms with Gasteiger partial charge in [-0.25, -0.2) is 15.0 Å². The number of anilines is 1. The molecule has 36 heavy (non-hydrogen) atoms. The third-order valence-corrected chi connectivity index (χ3v) is 7.96. The molecule has 1 unspecified atom stereocenters. The first-order valence-electron chi connectivity index (χ1n) is 12.5. The Morgan fingerprint density at radius 3 is 2.61 bits per heavy atom. The average Bonchev–Trinajstić information content (AvgIpc) is 3.26. The van der Waals surface area contributed by atoms with Crippen LogP contribution in [0.4, 0.5) is 5.82 Å². The lowest BCUT2D eigenvalue weighted by Gasteiger charge is -2.17. The summed E-state index contributed by atoms with van der Waals surface area (Å²) in [5.41, 5.74) is 6.92. The van der Waals surface area contributed by atoms with Gasteiger partial charge in [-0.3, -0.25) is 4.57 Å². The summed E-state index contributed by atoms with van der Waals surface area (Å²) >= 11 is 3.46. The number of hydrogen-bond acceptors (Lipinski definition) is 9. The van der Waals surface area contributed by atoms with Gasteiger partial charge in [-0.15, -0.1) is 0 Å². The topological polar surface area (TPSA) is 125 Å². The summed E-state index contributed by atoms with van der Waals surface area (Å²) in [7, 11) is -3.79. The number of ether oxygens (including phenoxy) is 1. The van der Waals surface area contributed by atoms with E-state index < -0.39 is 7.60 Å². The fourth-order valence-corrected chi connectivity index (χ4v) is 5.63. The predicted octanol–water partition coefficient (Wildman–Crippen LogP) is 5.54. The smallest absolute Gasteiger partial charge is 0.353 e. The molecule has 0 fully saturated rings. The molecule has 2 heterocycles. The third-order valence-electron chi connectivity index (χ3n) is 5.40. The summed E-state index contributed by atoms with van der Waals surface area (Å²) in [5.74, 6) is 5.53. The molecule has 0 spiro atoms. The van der Waals surface area contributed by atoms with Crippen molar-refractivity contribution in [2.24, 2.45) is 0 Å². The molecule has 0 aliphatic carbocycles. The highest BCUT2D eigenvalue weighted by Gasteiger charge is 2.21. The molecule has 202 valence electrons. The van der Waals surface area contributed by atoms with Gasteiger partial charge in [0.2, 0.25) is 0 Å². The Morgan fingerprint density at radius 2 is 1.83 bits per heavy atom. The minimum absolute atomic E-state index is 0.252. The molecule has 0 aliphatic heterocycles. The van der Waals surface area contributed by atoms with Crippen LogP contribution in [0, 0.1) is 11.2 Å². The Hall–Kier alpha value is -1.28. The number of rotatable bonds is 19. The Morgan fingerprint density at radius 1 is 1.11 bits per heavy atom. The summed E-state index contributed by atoms with van der Waals surface area (Å²) in [6, 6.07) is 0. The molecule has 12 heteroatoms. The van der Waals surface area contributed by atoms with Gasteiger partial charge >= 0.3 is 7.60 Å². The molecule has 0 saturated heterocycles. The maximum atomic E-state index is 12.3. The van der Waals surface area contributed by atoms with Crippen LogP contribution >= 0.6 is 31.1 Å². The van der Waals surface area contributed by atoms with Gasteiger partial charge in [0, 0.05) is 6.42 Å². The van der Waals surface area contributed by atoms with Crippen LogP contribution in [-0.4, -0.2) is 61.2 Å². The van der Waals surface area contributed by atoms with E-state index in [0.717, 1.165) is 24.3 Å². The van der Waals surface area contributed by atoms with Crippen LogP contribution in [0.5, 0.6) is 0 Å². The van der Waals surface area contributed by atoms with Gasteiger partial charge in [-0.1, -0.05) is 49.8 Å². The summed E-state index contributed by atoms with van der Waals surface area (Å²) in [6.45, 7) is 2.48. The molecule has 9 nitrogen and oxygen atoms in total. The number of aromatic nitrogens is 4. The Bertz CT molecular complexity index is 998. The highest BCUT2D eigenvalue weighted by molar-refractivity contribution is 8.03. The molecule has 0 amide bonds. The summed E-state index contributed by atoms with van der Waals surface area (Å²) in [6.07, 6.45) is 15.0. The quantitative estimate of drug-likeness (QED) is 0.129. The second-order valence-corrected chi connectivity index (χ2v) is 12.2.